The Morgan fingerprint density at radius 2 is 2.22 bits per heavy atom. The van der Waals surface area contributed by atoms with Gasteiger partial charge in [0, 0.05) is 12.8 Å². The Kier molecular flexibility index (Phi) is 6.05. The van der Waals surface area contributed by atoms with Gasteiger partial charge in [-0.3, -0.25) is 4.79 Å². The molecule has 1 aromatic carbocycles. The summed E-state index contributed by atoms with van der Waals surface area (Å²) in [6, 6.07) is 5.77. The van der Waals surface area contributed by atoms with Gasteiger partial charge in [0.05, 0.1) is 6.61 Å². The van der Waals surface area contributed by atoms with Gasteiger partial charge in [0.15, 0.2) is 0 Å². The van der Waals surface area contributed by atoms with Crippen molar-refractivity contribution in [2.75, 3.05) is 19.0 Å². The molecule has 0 bridgehead atoms. The van der Waals surface area contributed by atoms with E-state index < -0.39 is 5.60 Å². The zero-order chi connectivity index (χ0) is 16.9. The van der Waals surface area contributed by atoms with Crippen LogP contribution < -0.4 is 10.1 Å². The number of rotatable bonds is 6. The highest BCUT2D eigenvalue weighted by Crippen LogP contribution is 2.36. The molecule has 0 spiro atoms. The van der Waals surface area contributed by atoms with Crippen LogP contribution in [0.3, 0.4) is 0 Å². The van der Waals surface area contributed by atoms with Gasteiger partial charge in [-0.05, 0) is 62.3 Å². The number of hydrogen-bond donors (Lipinski definition) is 1. The average molecular weight is 319 g/mol. The first-order valence-corrected chi connectivity index (χ1v) is 8.61. The van der Waals surface area contributed by atoms with Crippen LogP contribution in [0.15, 0.2) is 18.2 Å². The van der Waals surface area contributed by atoms with E-state index in [2.05, 4.69) is 19.2 Å². The van der Waals surface area contributed by atoms with Crippen LogP contribution in [0.2, 0.25) is 0 Å². The molecule has 2 atom stereocenters. The van der Waals surface area contributed by atoms with Crippen molar-refractivity contribution in [3.8, 4) is 5.75 Å². The molecule has 1 aliphatic rings. The van der Waals surface area contributed by atoms with E-state index in [0.29, 0.717) is 12.5 Å². The molecule has 1 saturated carbocycles. The number of amides is 1. The lowest BCUT2D eigenvalue weighted by atomic mass is 9.78. The molecule has 1 aliphatic carbocycles. The van der Waals surface area contributed by atoms with Crippen molar-refractivity contribution < 1.29 is 14.3 Å². The van der Waals surface area contributed by atoms with E-state index in [1.165, 1.54) is 6.42 Å². The predicted molar refractivity (Wildman–Crippen MR) is 93.0 cm³/mol. The Bertz CT molecular complexity index is 543. The zero-order valence-corrected chi connectivity index (χ0v) is 14.8. The third-order valence-corrected chi connectivity index (χ3v) is 4.65. The van der Waals surface area contributed by atoms with Crippen molar-refractivity contribution in [1.82, 2.24) is 0 Å². The highest BCUT2D eigenvalue weighted by Gasteiger charge is 2.41. The minimum atomic E-state index is -0.692. The maximum atomic E-state index is 12.8. The Morgan fingerprint density at radius 3 is 2.83 bits per heavy atom. The molecule has 1 fully saturated rings. The van der Waals surface area contributed by atoms with Gasteiger partial charge in [-0.1, -0.05) is 20.3 Å². The zero-order valence-electron chi connectivity index (χ0n) is 14.8. The van der Waals surface area contributed by atoms with Crippen molar-refractivity contribution in [2.24, 2.45) is 5.92 Å². The van der Waals surface area contributed by atoms with E-state index in [-0.39, 0.29) is 5.91 Å². The predicted octanol–water partition coefficient (Wildman–Crippen LogP) is 4.32. The second-order valence-corrected chi connectivity index (χ2v) is 6.68. The number of nitrogens with one attached hydrogen (secondary N) is 1. The average Bonchev–Trinajstić information content (AvgIpc) is 2.54. The van der Waals surface area contributed by atoms with Crippen molar-refractivity contribution in [2.45, 2.75) is 58.5 Å². The Hall–Kier alpha value is -1.55. The van der Waals surface area contributed by atoms with Crippen LogP contribution in [0.25, 0.3) is 0 Å². The fraction of sp³-hybridized carbons (Fsp3) is 0.632. The largest absolute Gasteiger partial charge is 0.493 e. The normalized spacial score (nSPS) is 24.3. The number of anilines is 1. The number of aryl methyl sites for hydroxylation is 1. The minimum absolute atomic E-state index is 0.0341. The summed E-state index contributed by atoms with van der Waals surface area (Å²) in [6.07, 6.45) is 4.75. The van der Waals surface area contributed by atoms with E-state index in [0.717, 1.165) is 42.7 Å². The van der Waals surface area contributed by atoms with Gasteiger partial charge in [-0.15, -0.1) is 0 Å². The van der Waals surface area contributed by atoms with E-state index in [1.54, 1.807) is 7.11 Å². The Balaban J connectivity index is 2.08. The lowest BCUT2D eigenvalue weighted by Crippen LogP contribution is -2.47. The topological polar surface area (TPSA) is 47.6 Å². The minimum Gasteiger partial charge on any atom is -0.493 e. The summed E-state index contributed by atoms with van der Waals surface area (Å²) in [5, 5.41) is 3.03. The molecule has 1 amide bonds. The van der Waals surface area contributed by atoms with E-state index in [1.807, 2.05) is 25.1 Å². The molecular weight excluding hydrogens is 290 g/mol. The smallest absolute Gasteiger partial charge is 0.256 e. The van der Waals surface area contributed by atoms with Crippen LogP contribution >= 0.6 is 0 Å². The van der Waals surface area contributed by atoms with Crippen molar-refractivity contribution in [1.29, 1.82) is 0 Å². The molecule has 0 aliphatic heterocycles. The SMILES string of the molecule is CCCOc1ccc(NC(=O)[C@]2(OC)CCC[C@H](C)C2)cc1C. The number of carbonyl (C=O) groups excluding carboxylic acids is 1. The van der Waals surface area contributed by atoms with Gasteiger partial charge in [0.2, 0.25) is 0 Å². The summed E-state index contributed by atoms with van der Waals surface area (Å²) >= 11 is 0. The highest BCUT2D eigenvalue weighted by molar-refractivity contribution is 5.97. The quantitative estimate of drug-likeness (QED) is 0.849. The standard InChI is InChI=1S/C19H29NO3/c1-5-11-23-17-9-8-16(12-15(17)3)20-18(21)19(22-4)10-6-7-14(2)13-19/h8-9,12,14H,5-7,10-11,13H2,1-4H3,(H,20,21)/t14-,19-/m0/s1. The maximum Gasteiger partial charge on any atom is 0.256 e. The molecule has 0 heterocycles. The molecule has 4 nitrogen and oxygen atoms in total. The van der Waals surface area contributed by atoms with E-state index >= 15 is 0 Å². The van der Waals surface area contributed by atoms with Gasteiger partial charge in [0.1, 0.15) is 11.4 Å². The molecular formula is C19H29NO3. The van der Waals surface area contributed by atoms with Crippen molar-refractivity contribution >= 4 is 11.6 Å². The van der Waals surface area contributed by atoms with Crippen LogP contribution in [-0.2, 0) is 9.53 Å². The Labute approximate surface area is 139 Å². The lowest BCUT2D eigenvalue weighted by Gasteiger charge is -2.37. The van der Waals surface area contributed by atoms with E-state index in [4.69, 9.17) is 9.47 Å². The summed E-state index contributed by atoms with van der Waals surface area (Å²) < 4.78 is 11.3. The molecule has 0 unspecified atom stereocenters. The second kappa shape index (κ2) is 7.82. The maximum absolute atomic E-state index is 12.8. The number of benzene rings is 1. The molecule has 4 heteroatoms. The Morgan fingerprint density at radius 1 is 1.43 bits per heavy atom. The summed E-state index contributed by atoms with van der Waals surface area (Å²) in [4.78, 5) is 12.8. The fourth-order valence-corrected chi connectivity index (χ4v) is 3.33. The monoisotopic (exact) mass is 319 g/mol. The third kappa shape index (κ3) is 4.25. The van der Waals surface area contributed by atoms with Gasteiger partial charge in [-0.25, -0.2) is 0 Å². The second-order valence-electron chi connectivity index (χ2n) is 6.68. The molecule has 128 valence electrons. The number of hydrogen-bond acceptors (Lipinski definition) is 3. The van der Waals surface area contributed by atoms with Gasteiger partial charge in [0.25, 0.3) is 5.91 Å². The molecule has 1 N–H and O–H groups in total. The fourth-order valence-electron chi connectivity index (χ4n) is 3.33. The molecule has 0 aromatic heterocycles. The summed E-state index contributed by atoms with van der Waals surface area (Å²) in [6.45, 7) is 6.97. The summed E-state index contributed by atoms with van der Waals surface area (Å²) in [7, 11) is 1.64. The number of ether oxygens (including phenoxy) is 2. The first kappa shape index (κ1) is 17.8. The molecule has 0 radical (unpaired) electrons. The van der Waals surface area contributed by atoms with Gasteiger partial charge >= 0.3 is 0 Å². The van der Waals surface area contributed by atoms with Crippen LogP contribution in [0.1, 0.15) is 51.5 Å². The molecule has 1 aromatic rings. The lowest BCUT2D eigenvalue weighted by molar-refractivity contribution is -0.143. The van der Waals surface area contributed by atoms with Gasteiger partial charge in [-0.2, -0.15) is 0 Å². The number of carbonyl (C=O) groups is 1. The van der Waals surface area contributed by atoms with Crippen LogP contribution in [0, 0.1) is 12.8 Å². The molecule has 2 rings (SSSR count). The van der Waals surface area contributed by atoms with E-state index in [9.17, 15) is 4.79 Å². The first-order valence-electron chi connectivity index (χ1n) is 8.61. The highest BCUT2D eigenvalue weighted by atomic mass is 16.5. The van der Waals surface area contributed by atoms with Gasteiger partial charge < -0.3 is 14.8 Å². The third-order valence-electron chi connectivity index (χ3n) is 4.65. The molecule has 0 saturated heterocycles. The molecule has 23 heavy (non-hydrogen) atoms. The van der Waals surface area contributed by atoms with Crippen LogP contribution in [0.4, 0.5) is 5.69 Å². The van der Waals surface area contributed by atoms with Crippen LogP contribution in [0.5, 0.6) is 5.75 Å². The first-order chi connectivity index (χ1) is 11.0. The summed E-state index contributed by atoms with van der Waals surface area (Å²) in [5.41, 5.74) is 1.13. The summed E-state index contributed by atoms with van der Waals surface area (Å²) in [5.74, 6) is 1.35. The van der Waals surface area contributed by atoms with Crippen molar-refractivity contribution in [3.63, 3.8) is 0 Å². The van der Waals surface area contributed by atoms with Crippen molar-refractivity contribution in [3.05, 3.63) is 23.8 Å². The van der Waals surface area contributed by atoms with Crippen LogP contribution in [-0.4, -0.2) is 25.2 Å². The number of methoxy groups -OCH3 is 1.